The molecule has 0 saturated heterocycles. The summed E-state index contributed by atoms with van der Waals surface area (Å²) in [6.45, 7) is 6.90. The number of hydrogen-bond acceptors (Lipinski definition) is 5. The Morgan fingerprint density at radius 3 is 2.24 bits per heavy atom. The zero-order chi connectivity index (χ0) is 16.7. The van der Waals surface area contributed by atoms with Crippen LogP contribution in [0, 0.1) is 5.41 Å². The van der Waals surface area contributed by atoms with E-state index in [1.54, 1.807) is 20.8 Å². The molecule has 0 aromatic rings. The van der Waals surface area contributed by atoms with Crippen molar-refractivity contribution in [2.24, 2.45) is 5.41 Å². The quantitative estimate of drug-likeness (QED) is 0.630. The Hall–Kier alpha value is -1.15. The maximum absolute atomic E-state index is 11.8. The monoisotopic (exact) mass is 322 g/mol. The average Bonchev–Trinajstić information content (AvgIpc) is 2.38. The summed E-state index contributed by atoms with van der Waals surface area (Å²) in [6.07, 6.45) is 1.22. The first-order valence-electron chi connectivity index (χ1n) is 6.89. The van der Waals surface area contributed by atoms with Gasteiger partial charge in [0.1, 0.15) is 6.04 Å². The van der Waals surface area contributed by atoms with Crippen molar-refractivity contribution in [2.45, 2.75) is 46.6 Å². The highest BCUT2D eigenvalue weighted by Gasteiger charge is 2.28. The topological polar surface area (TPSA) is 102 Å². The summed E-state index contributed by atoms with van der Waals surface area (Å²) in [5, 5.41) is 2.55. The van der Waals surface area contributed by atoms with Gasteiger partial charge in [0.2, 0.25) is 15.9 Å². The lowest BCUT2D eigenvalue weighted by atomic mass is 9.95. The number of ether oxygens (including phenoxy) is 1. The van der Waals surface area contributed by atoms with Gasteiger partial charge in [-0.15, -0.1) is 0 Å². The molecule has 0 spiro atoms. The van der Waals surface area contributed by atoms with Crippen LogP contribution < -0.4 is 10.0 Å². The molecule has 0 aromatic carbocycles. The van der Waals surface area contributed by atoms with Gasteiger partial charge in [0.25, 0.3) is 0 Å². The molecule has 0 aliphatic carbocycles. The van der Waals surface area contributed by atoms with Gasteiger partial charge in [-0.05, 0) is 6.42 Å². The van der Waals surface area contributed by atoms with Crippen molar-refractivity contribution in [3.63, 3.8) is 0 Å². The molecule has 0 aliphatic rings. The van der Waals surface area contributed by atoms with Crippen LogP contribution in [0.15, 0.2) is 0 Å². The Kier molecular flexibility index (Phi) is 7.87. The summed E-state index contributed by atoms with van der Waals surface area (Å²) in [5.41, 5.74) is -0.623. The number of esters is 1. The van der Waals surface area contributed by atoms with Gasteiger partial charge in [-0.1, -0.05) is 34.1 Å². The third-order valence-electron chi connectivity index (χ3n) is 2.72. The minimum Gasteiger partial charge on any atom is -0.468 e. The lowest BCUT2D eigenvalue weighted by molar-refractivity contribution is -0.142. The largest absolute Gasteiger partial charge is 0.468 e. The normalized spacial score (nSPS) is 13.6. The minimum absolute atomic E-state index is 0.0653. The molecule has 0 fully saturated rings. The number of rotatable bonds is 8. The summed E-state index contributed by atoms with van der Waals surface area (Å²) < 4.78 is 30.5. The Bertz CT molecular complexity index is 454. The molecule has 0 heterocycles. The van der Waals surface area contributed by atoms with Crippen molar-refractivity contribution < 1.29 is 22.7 Å². The van der Waals surface area contributed by atoms with Gasteiger partial charge in [-0.2, -0.15) is 4.72 Å². The second-order valence-corrected chi connectivity index (χ2v) is 7.70. The standard InChI is InChI=1S/C13H26N2O5S/c1-6-7-8-21(18,19)15-10(11(16)20-5)9-14-12(17)13(2,3)4/h10,15H,6-9H2,1-5H3,(H,14,17)/t10-/m0/s1. The van der Waals surface area contributed by atoms with Gasteiger partial charge in [-0.3, -0.25) is 9.59 Å². The summed E-state index contributed by atoms with van der Waals surface area (Å²) in [4.78, 5) is 23.4. The predicted octanol–water partition coefficient (Wildman–Crippen LogP) is 0.410. The number of carbonyl (C=O) groups excluding carboxylic acids is 2. The van der Waals surface area contributed by atoms with E-state index in [1.165, 1.54) is 7.11 Å². The Balaban J connectivity index is 4.76. The lowest BCUT2D eigenvalue weighted by Crippen LogP contribution is -2.50. The number of carbonyl (C=O) groups is 2. The van der Waals surface area contributed by atoms with E-state index < -0.39 is 27.4 Å². The Morgan fingerprint density at radius 2 is 1.81 bits per heavy atom. The van der Waals surface area contributed by atoms with Crippen LogP contribution in [-0.2, 0) is 24.3 Å². The number of sulfonamides is 1. The molecule has 0 rings (SSSR count). The van der Waals surface area contributed by atoms with E-state index in [4.69, 9.17) is 0 Å². The van der Waals surface area contributed by atoms with E-state index in [2.05, 4.69) is 14.8 Å². The van der Waals surface area contributed by atoms with Gasteiger partial charge in [0.05, 0.1) is 12.9 Å². The van der Waals surface area contributed by atoms with Crippen molar-refractivity contribution >= 4 is 21.9 Å². The summed E-state index contributed by atoms with van der Waals surface area (Å²) in [7, 11) is -2.42. The van der Waals surface area contributed by atoms with Crippen LogP contribution in [0.3, 0.4) is 0 Å². The van der Waals surface area contributed by atoms with Crippen molar-refractivity contribution in [1.29, 1.82) is 0 Å². The van der Waals surface area contributed by atoms with Gasteiger partial charge >= 0.3 is 5.97 Å². The van der Waals surface area contributed by atoms with Crippen LogP contribution in [0.25, 0.3) is 0 Å². The maximum Gasteiger partial charge on any atom is 0.325 e. The first kappa shape index (κ1) is 19.9. The highest BCUT2D eigenvalue weighted by atomic mass is 32.2. The molecular formula is C13H26N2O5S. The molecule has 1 amide bonds. The molecule has 1 atom stereocenters. The number of amides is 1. The number of hydrogen-bond donors (Lipinski definition) is 2. The fourth-order valence-electron chi connectivity index (χ4n) is 1.39. The van der Waals surface area contributed by atoms with Crippen molar-refractivity contribution in [3.05, 3.63) is 0 Å². The molecule has 0 aromatic heterocycles. The van der Waals surface area contributed by atoms with Crippen molar-refractivity contribution in [1.82, 2.24) is 10.0 Å². The van der Waals surface area contributed by atoms with Crippen LogP contribution in [0.1, 0.15) is 40.5 Å². The van der Waals surface area contributed by atoms with Crippen LogP contribution >= 0.6 is 0 Å². The molecule has 7 nitrogen and oxygen atoms in total. The fraction of sp³-hybridized carbons (Fsp3) is 0.846. The second kappa shape index (κ2) is 8.33. The molecule has 0 bridgehead atoms. The Labute approximate surface area is 126 Å². The Morgan fingerprint density at radius 1 is 1.24 bits per heavy atom. The second-order valence-electron chi connectivity index (χ2n) is 5.83. The smallest absolute Gasteiger partial charge is 0.325 e. The van der Waals surface area contributed by atoms with Crippen LogP contribution in [0.4, 0.5) is 0 Å². The van der Waals surface area contributed by atoms with E-state index in [9.17, 15) is 18.0 Å². The van der Waals surface area contributed by atoms with Gasteiger partial charge in [0, 0.05) is 12.0 Å². The molecular weight excluding hydrogens is 296 g/mol. The first-order valence-corrected chi connectivity index (χ1v) is 8.55. The SMILES string of the molecule is CCCCS(=O)(=O)N[C@@H](CNC(=O)C(C)(C)C)C(=O)OC. The minimum atomic E-state index is -3.58. The van der Waals surface area contributed by atoms with E-state index in [0.29, 0.717) is 6.42 Å². The molecule has 0 aliphatic heterocycles. The molecule has 0 radical (unpaired) electrons. The molecule has 21 heavy (non-hydrogen) atoms. The molecule has 8 heteroatoms. The zero-order valence-corrected chi connectivity index (χ0v) is 14.2. The van der Waals surface area contributed by atoms with Crippen molar-refractivity contribution in [3.8, 4) is 0 Å². The third-order valence-corrected chi connectivity index (χ3v) is 4.19. The number of nitrogens with one attached hydrogen (secondary N) is 2. The molecule has 0 unspecified atom stereocenters. The van der Waals surface area contributed by atoms with Gasteiger partial charge in [-0.25, -0.2) is 8.42 Å². The number of unbranched alkanes of at least 4 members (excludes halogenated alkanes) is 1. The summed E-state index contributed by atoms with van der Waals surface area (Å²) in [6, 6.07) is -1.12. The lowest BCUT2D eigenvalue weighted by Gasteiger charge is -2.21. The average molecular weight is 322 g/mol. The summed E-state index contributed by atoms with van der Waals surface area (Å²) >= 11 is 0. The molecule has 124 valence electrons. The van der Waals surface area contributed by atoms with Gasteiger partial charge < -0.3 is 10.1 Å². The zero-order valence-electron chi connectivity index (χ0n) is 13.4. The molecule has 2 N–H and O–H groups in total. The van der Waals surface area contributed by atoms with Crippen LogP contribution in [0.2, 0.25) is 0 Å². The predicted molar refractivity (Wildman–Crippen MR) is 80.1 cm³/mol. The maximum atomic E-state index is 11.8. The van der Waals surface area contributed by atoms with E-state index in [-0.39, 0.29) is 18.2 Å². The van der Waals surface area contributed by atoms with Gasteiger partial charge in [0.15, 0.2) is 0 Å². The highest BCUT2D eigenvalue weighted by molar-refractivity contribution is 7.89. The third kappa shape index (κ3) is 8.01. The first-order chi connectivity index (χ1) is 9.53. The van der Waals surface area contributed by atoms with Crippen LogP contribution in [0.5, 0.6) is 0 Å². The summed E-state index contributed by atoms with van der Waals surface area (Å²) in [5.74, 6) is -1.07. The fourth-order valence-corrected chi connectivity index (χ4v) is 2.78. The van der Waals surface area contributed by atoms with E-state index in [1.807, 2.05) is 6.92 Å². The van der Waals surface area contributed by atoms with E-state index in [0.717, 1.165) is 6.42 Å². The molecule has 0 saturated carbocycles. The number of methoxy groups -OCH3 is 1. The highest BCUT2D eigenvalue weighted by Crippen LogP contribution is 2.12. The van der Waals surface area contributed by atoms with Crippen LogP contribution in [-0.4, -0.2) is 45.7 Å². The van der Waals surface area contributed by atoms with Crippen molar-refractivity contribution in [2.75, 3.05) is 19.4 Å². The van der Waals surface area contributed by atoms with E-state index >= 15 is 0 Å².